The first kappa shape index (κ1) is 11.1. The van der Waals surface area contributed by atoms with E-state index in [1.807, 2.05) is 19.1 Å². The molecule has 3 heteroatoms. The molecule has 14 heavy (non-hydrogen) atoms. The largest absolute Gasteiger partial charge is 0.493 e. The lowest BCUT2D eigenvalue weighted by Gasteiger charge is -2.11. The smallest absolute Gasteiger partial charge is 0.126 e. The van der Waals surface area contributed by atoms with Gasteiger partial charge in [-0.15, -0.1) is 0 Å². The number of hydrogen-bond acceptors (Lipinski definition) is 2. The van der Waals surface area contributed by atoms with Gasteiger partial charge in [-0.1, -0.05) is 18.2 Å². The standard InChI is InChI=1S/C11H14ClNO/c1-3-14-11-5-4-9(12)6-10(11)8(2)7-13/h4-6H,2-3,7,13H2,1H3. The predicted octanol–water partition coefficient (Wildman–Crippen LogP) is 2.71. The Kier molecular flexibility index (Phi) is 3.98. The highest BCUT2D eigenvalue weighted by atomic mass is 35.5. The van der Waals surface area contributed by atoms with Crippen LogP contribution in [0, 0.1) is 0 Å². The molecule has 0 spiro atoms. The van der Waals surface area contributed by atoms with Gasteiger partial charge in [0, 0.05) is 17.1 Å². The van der Waals surface area contributed by atoms with Crippen molar-refractivity contribution in [2.45, 2.75) is 6.92 Å². The van der Waals surface area contributed by atoms with Crippen molar-refractivity contribution in [1.82, 2.24) is 0 Å². The van der Waals surface area contributed by atoms with Gasteiger partial charge in [-0.25, -0.2) is 0 Å². The molecular formula is C11H14ClNO. The van der Waals surface area contributed by atoms with Crippen molar-refractivity contribution in [2.24, 2.45) is 5.73 Å². The molecule has 0 heterocycles. The van der Waals surface area contributed by atoms with E-state index in [0.29, 0.717) is 18.2 Å². The van der Waals surface area contributed by atoms with Gasteiger partial charge in [0.1, 0.15) is 5.75 Å². The Morgan fingerprint density at radius 3 is 2.86 bits per heavy atom. The number of hydrogen-bond donors (Lipinski definition) is 1. The van der Waals surface area contributed by atoms with E-state index in [-0.39, 0.29) is 0 Å². The minimum atomic E-state index is 0.403. The Morgan fingerprint density at radius 1 is 1.57 bits per heavy atom. The van der Waals surface area contributed by atoms with Gasteiger partial charge in [0.05, 0.1) is 6.61 Å². The van der Waals surface area contributed by atoms with E-state index in [2.05, 4.69) is 6.58 Å². The topological polar surface area (TPSA) is 35.2 Å². The highest BCUT2D eigenvalue weighted by molar-refractivity contribution is 6.30. The average Bonchev–Trinajstić information content (AvgIpc) is 2.20. The molecule has 0 aromatic heterocycles. The maximum Gasteiger partial charge on any atom is 0.126 e. The normalized spacial score (nSPS) is 9.93. The number of ether oxygens (including phenoxy) is 1. The van der Waals surface area contributed by atoms with Crippen molar-refractivity contribution >= 4 is 17.2 Å². The predicted molar refractivity (Wildman–Crippen MR) is 60.7 cm³/mol. The number of benzene rings is 1. The summed E-state index contributed by atoms with van der Waals surface area (Å²) in [5.74, 6) is 0.785. The van der Waals surface area contributed by atoms with Gasteiger partial charge in [-0.3, -0.25) is 0 Å². The van der Waals surface area contributed by atoms with E-state index < -0.39 is 0 Å². The van der Waals surface area contributed by atoms with Gasteiger partial charge < -0.3 is 10.5 Å². The third kappa shape index (κ3) is 2.50. The van der Waals surface area contributed by atoms with Gasteiger partial charge in [-0.2, -0.15) is 0 Å². The summed E-state index contributed by atoms with van der Waals surface area (Å²) in [4.78, 5) is 0. The quantitative estimate of drug-likeness (QED) is 0.831. The van der Waals surface area contributed by atoms with Gasteiger partial charge in [0.25, 0.3) is 0 Å². The number of halogens is 1. The van der Waals surface area contributed by atoms with Crippen LogP contribution < -0.4 is 10.5 Å². The first-order chi connectivity index (χ1) is 6.69. The second-order valence-electron chi connectivity index (χ2n) is 2.88. The van der Waals surface area contributed by atoms with Crippen LogP contribution in [0.3, 0.4) is 0 Å². The molecule has 76 valence electrons. The van der Waals surface area contributed by atoms with Gasteiger partial charge in [0.2, 0.25) is 0 Å². The van der Waals surface area contributed by atoms with Crippen LogP contribution in [0.5, 0.6) is 5.75 Å². The summed E-state index contributed by atoms with van der Waals surface area (Å²) in [5, 5.41) is 0.665. The molecule has 2 N–H and O–H groups in total. The summed E-state index contributed by atoms with van der Waals surface area (Å²) < 4.78 is 5.44. The van der Waals surface area contributed by atoms with Gasteiger partial charge >= 0.3 is 0 Å². The molecule has 0 amide bonds. The first-order valence-electron chi connectivity index (χ1n) is 4.49. The number of rotatable bonds is 4. The van der Waals surface area contributed by atoms with E-state index >= 15 is 0 Å². The molecule has 0 aliphatic carbocycles. The first-order valence-corrected chi connectivity index (χ1v) is 4.87. The maximum atomic E-state index is 5.88. The number of nitrogens with two attached hydrogens (primary N) is 1. The summed E-state index contributed by atoms with van der Waals surface area (Å²) in [6, 6.07) is 5.45. The molecule has 1 aromatic carbocycles. The van der Waals surface area contributed by atoms with E-state index in [9.17, 15) is 0 Å². The third-order valence-corrected chi connectivity index (χ3v) is 2.10. The fourth-order valence-corrected chi connectivity index (χ4v) is 1.34. The van der Waals surface area contributed by atoms with Crippen LogP contribution in [-0.4, -0.2) is 13.2 Å². The molecular weight excluding hydrogens is 198 g/mol. The molecule has 1 rings (SSSR count). The minimum Gasteiger partial charge on any atom is -0.493 e. The zero-order valence-electron chi connectivity index (χ0n) is 8.22. The van der Waals surface area contributed by atoms with Gasteiger partial charge in [0.15, 0.2) is 0 Å². The van der Waals surface area contributed by atoms with Crippen molar-refractivity contribution in [3.63, 3.8) is 0 Å². The molecule has 0 radical (unpaired) electrons. The van der Waals surface area contributed by atoms with Crippen molar-refractivity contribution in [3.8, 4) is 5.75 Å². The van der Waals surface area contributed by atoms with Crippen LogP contribution >= 0.6 is 11.6 Å². The Labute approximate surface area is 89.3 Å². The maximum absolute atomic E-state index is 5.88. The van der Waals surface area contributed by atoms with E-state index in [0.717, 1.165) is 16.9 Å². The Bertz CT molecular complexity index is 336. The lowest BCUT2D eigenvalue weighted by molar-refractivity contribution is 0.339. The van der Waals surface area contributed by atoms with Crippen molar-refractivity contribution in [1.29, 1.82) is 0 Å². The highest BCUT2D eigenvalue weighted by Crippen LogP contribution is 2.27. The third-order valence-electron chi connectivity index (χ3n) is 1.87. The van der Waals surface area contributed by atoms with Gasteiger partial charge in [-0.05, 0) is 30.7 Å². The SMILES string of the molecule is C=C(CN)c1cc(Cl)ccc1OCC. The Hall–Kier alpha value is -0.990. The molecule has 0 saturated carbocycles. The second kappa shape index (κ2) is 5.03. The molecule has 1 aromatic rings. The second-order valence-corrected chi connectivity index (χ2v) is 3.32. The Balaban J connectivity index is 3.08. The highest BCUT2D eigenvalue weighted by Gasteiger charge is 2.06. The van der Waals surface area contributed by atoms with Crippen LogP contribution in [-0.2, 0) is 0 Å². The van der Waals surface area contributed by atoms with Crippen LogP contribution in [0.1, 0.15) is 12.5 Å². The minimum absolute atomic E-state index is 0.403. The monoisotopic (exact) mass is 211 g/mol. The molecule has 0 unspecified atom stereocenters. The summed E-state index contributed by atoms with van der Waals surface area (Å²) in [5.41, 5.74) is 7.24. The van der Waals surface area contributed by atoms with E-state index in [1.54, 1.807) is 6.07 Å². The Morgan fingerprint density at radius 2 is 2.29 bits per heavy atom. The van der Waals surface area contributed by atoms with Crippen LogP contribution in [0.25, 0.3) is 5.57 Å². The van der Waals surface area contributed by atoms with Crippen molar-refractivity contribution in [2.75, 3.05) is 13.2 Å². The molecule has 0 fully saturated rings. The fourth-order valence-electron chi connectivity index (χ4n) is 1.17. The molecule has 0 bridgehead atoms. The fraction of sp³-hybridized carbons (Fsp3) is 0.273. The zero-order chi connectivity index (χ0) is 10.6. The van der Waals surface area contributed by atoms with Crippen LogP contribution in [0.2, 0.25) is 5.02 Å². The molecule has 2 nitrogen and oxygen atoms in total. The van der Waals surface area contributed by atoms with Crippen molar-refractivity contribution in [3.05, 3.63) is 35.4 Å². The molecule has 0 aliphatic rings. The van der Waals surface area contributed by atoms with E-state index in [4.69, 9.17) is 22.1 Å². The van der Waals surface area contributed by atoms with E-state index in [1.165, 1.54) is 0 Å². The van der Waals surface area contributed by atoms with Crippen LogP contribution in [0.4, 0.5) is 0 Å². The lowest BCUT2D eigenvalue weighted by atomic mass is 10.1. The summed E-state index contributed by atoms with van der Waals surface area (Å²) in [6.07, 6.45) is 0. The average molecular weight is 212 g/mol. The molecule has 0 saturated heterocycles. The summed E-state index contributed by atoms with van der Waals surface area (Å²) in [7, 11) is 0. The van der Waals surface area contributed by atoms with Crippen molar-refractivity contribution < 1.29 is 4.74 Å². The molecule has 0 aliphatic heterocycles. The zero-order valence-corrected chi connectivity index (χ0v) is 8.97. The lowest BCUT2D eigenvalue weighted by Crippen LogP contribution is -2.03. The molecule has 0 atom stereocenters. The van der Waals surface area contributed by atoms with Crippen LogP contribution in [0.15, 0.2) is 24.8 Å². The summed E-state index contributed by atoms with van der Waals surface area (Å²) >= 11 is 5.88. The summed E-state index contributed by atoms with van der Waals surface area (Å²) in [6.45, 7) is 6.82.